The molecular weight excluding hydrogens is 1110 g/mol. The molecule has 0 spiro atoms. The number of benzene rings is 9. The summed E-state index contributed by atoms with van der Waals surface area (Å²) < 4.78 is 35.0. The summed E-state index contributed by atoms with van der Waals surface area (Å²) in [5, 5.41) is 18.0. The lowest BCUT2D eigenvalue weighted by molar-refractivity contribution is -0.150. The van der Waals surface area contributed by atoms with Gasteiger partial charge in [-0.2, -0.15) is 0 Å². The van der Waals surface area contributed by atoms with Crippen molar-refractivity contribution >= 4 is 33.5 Å². The Balaban J connectivity index is 0.000000146. The van der Waals surface area contributed by atoms with Crippen LogP contribution in [0.15, 0.2) is 273 Å². The van der Waals surface area contributed by atoms with Gasteiger partial charge in [-0.15, -0.1) is 0 Å². The molecule has 442 valence electrons. The Bertz CT molecular complexity index is 3520. The van der Waals surface area contributed by atoms with E-state index in [2.05, 4.69) is 109 Å². The summed E-state index contributed by atoms with van der Waals surface area (Å²) in [6.07, 6.45) is 1.44. The number of amides is 3. The van der Waals surface area contributed by atoms with E-state index in [0.717, 1.165) is 56.3 Å². The van der Waals surface area contributed by atoms with Crippen LogP contribution in [-0.4, -0.2) is 88.4 Å². The lowest BCUT2D eigenvalue weighted by Crippen LogP contribution is -2.73. The Hall–Kier alpha value is -9.35. The molecule has 6 N–H and O–H groups in total. The van der Waals surface area contributed by atoms with Crippen LogP contribution in [0.2, 0.25) is 0 Å². The molecule has 3 heterocycles. The van der Waals surface area contributed by atoms with Crippen LogP contribution in [0.5, 0.6) is 0 Å². The first-order valence-corrected chi connectivity index (χ1v) is 30.9. The van der Waals surface area contributed by atoms with Crippen LogP contribution >= 0.6 is 0 Å². The average Bonchev–Trinajstić information content (AvgIpc) is 0.907. The minimum absolute atomic E-state index is 0.0483. The SMILES string of the molecule is COC(=O)CCCO[C@@H]1NC(=O)[C@H]1NC(c1ccccc1)(c1ccccc1)c1ccccc1.CS(=O)(=O)[C@H]1NC(=O)[C@H]1NC(c1ccccc1)(c1ccccc1)c1ccccc1.O=C1NCC1NC(c1ccccc1)(c1ccccc1)c1ccccc1. The van der Waals surface area contributed by atoms with Crippen molar-refractivity contribution in [1.82, 2.24) is 31.9 Å². The van der Waals surface area contributed by atoms with Crippen molar-refractivity contribution < 1.29 is 37.1 Å². The minimum atomic E-state index is -3.46. The number of hydrogen-bond donors (Lipinski definition) is 6. The monoisotopic (exact) mass is 1180 g/mol. The zero-order valence-electron chi connectivity index (χ0n) is 48.4. The summed E-state index contributed by atoms with van der Waals surface area (Å²) in [5.41, 5.74) is 6.94. The molecule has 0 saturated carbocycles. The van der Waals surface area contributed by atoms with E-state index in [9.17, 15) is 27.6 Å². The second-order valence-electron chi connectivity index (χ2n) is 21.5. The van der Waals surface area contributed by atoms with Crippen LogP contribution in [-0.2, 0) is 55.1 Å². The van der Waals surface area contributed by atoms with Crippen molar-refractivity contribution in [3.63, 3.8) is 0 Å². The molecule has 3 aliphatic rings. The molecule has 15 heteroatoms. The van der Waals surface area contributed by atoms with E-state index >= 15 is 0 Å². The largest absolute Gasteiger partial charge is 0.469 e. The van der Waals surface area contributed by atoms with Gasteiger partial charge in [-0.3, -0.25) is 35.1 Å². The Morgan fingerprint density at radius 2 is 0.724 bits per heavy atom. The number of rotatable bonds is 21. The first-order valence-electron chi connectivity index (χ1n) is 29.0. The van der Waals surface area contributed by atoms with Crippen molar-refractivity contribution in [2.75, 3.05) is 26.5 Å². The highest BCUT2D eigenvalue weighted by Crippen LogP contribution is 2.41. The molecule has 3 aliphatic heterocycles. The molecule has 12 rings (SSSR count). The number of sulfone groups is 1. The lowest BCUT2D eigenvalue weighted by atomic mass is 9.76. The van der Waals surface area contributed by atoms with E-state index in [1.165, 1.54) is 7.11 Å². The van der Waals surface area contributed by atoms with Gasteiger partial charge in [-0.1, -0.05) is 273 Å². The van der Waals surface area contributed by atoms with Gasteiger partial charge in [-0.05, 0) is 56.5 Å². The maximum atomic E-state index is 12.7. The van der Waals surface area contributed by atoms with Crippen molar-refractivity contribution in [3.8, 4) is 0 Å². The smallest absolute Gasteiger partial charge is 0.305 e. The molecule has 1 unspecified atom stereocenters. The summed E-state index contributed by atoms with van der Waals surface area (Å²) in [5.74, 6) is -0.679. The number of carbonyl (C=O) groups excluding carboxylic acids is 4. The normalized spacial score (nSPS) is 18.0. The molecule has 0 radical (unpaired) electrons. The maximum Gasteiger partial charge on any atom is 0.305 e. The fourth-order valence-corrected chi connectivity index (χ4v) is 12.6. The average molecular weight is 1180 g/mol. The second-order valence-corrected chi connectivity index (χ2v) is 23.6. The van der Waals surface area contributed by atoms with Crippen molar-refractivity contribution in [2.24, 2.45) is 0 Å². The predicted octanol–water partition coefficient (Wildman–Crippen LogP) is 8.87. The summed E-state index contributed by atoms with van der Waals surface area (Å²) in [4.78, 5) is 48.5. The third-order valence-electron chi connectivity index (χ3n) is 16.0. The van der Waals surface area contributed by atoms with Crippen LogP contribution in [0, 0.1) is 0 Å². The molecule has 87 heavy (non-hydrogen) atoms. The molecule has 0 bridgehead atoms. The highest BCUT2D eigenvalue weighted by molar-refractivity contribution is 7.91. The van der Waals surface area contributed by atoms with Gasteiger partial charge in [0.05, 0.1) is 23.7 Å². The van der Waals surface area contributed by atoms with Gasteiger partial charge in [0.2, 0.25) is 17.7 Å². The van der Waals surface area contributed by atoms with Gasteiger partial charge in [0.1, 0.15) is 18.1 Å². The number of ether oxygens (including phenoxy) is 2. The molecule has 9 aromatic carbocycles. The zero-order valence-corrected chi connectivity index (χ0v) is 49.2. The molecular formula is C72H70N6O8S. The van der Waals surface area contributed by atoms with Gasteiger partial charge in [0.15, 0.2) is 21.4 Å². The van der Waals surface area contributed by atoms with Gasteiger partial charge >= 0.3 is 5.97 Å². The van der Waals surface area contributed by atoms with Crippen LogP contribution in [0.3, 0.4) is 0 Å². The predicted molar refractivity (Wildman–Crippen MR) is 337 cm³/mol. The first kappa shape index (κ1) is 60.8. The van der Waals surface area contributed by atoms with E-state index in [1.807, 2.05) is 200 Å². The van der Waals surface area contributed by atoms with Gasteiger partial charge in [0, 0.05) is 25.8 Å². The highest BCUT2D eigenvalue weighted by atomic mass is 32.2. The molecule has 0 aliphatic carbocycles. The highest BCUT2D eigenvalue weighted by Gasteiger charge is 2.52. The van der Waals surface area contributed by atoms with Gasteiger partial charge < -0.3 is 25.4 Å². The fourth-order valence-electron chi connectivity index (χ4n) is 11.6. The van der Waals surface area contributed by atoms with E-state index < -0.39 is 50.1 Å². The standard InChI is InChI=1S/C27H28N2O4.C23H22N2O3S.C22H20N2O/c1-32-23(30)18-11-19-33-26-24(25(31)28-26)29-27(20-12-5-2-6-13-20,21-14-7-3-8-15-21)22-16-9-4-10-17-22;1-29(27,28)22-20(21(26)24-22)25-23(17-11-5-2-6-12-17,18-13-7-3-8-14-18)19-15-9-4-10-16-19;25-21-20(16-23-21)24-22(17-10-4-1-5-11-17,18-12-6-2-7-13-18)19-14-8-3-9-15-19/h2-10,12-17,24,26,29H,11,18-19H2,1H3,(H,28,31);2-16,20,22,25H,1H3,(H,24,26);1-15,20,24H,16H2,(H,23,25)/t24-,26+;20-,22-;/m11./s1. The van der Waals surface area contributed by atoms with Crippen LogP contribution < -0.4 is 31.9 Å². The summed E-state index contributed by atoms with van der Waals surface area (Å²) in [6, 6.07) is 89.0. The molecule has 0 aromatic heterocycles. The molecule has 14 nitrogen and oxygen atoms in total. The molecule has 3 amide bonds. The van der Waals surface area contributed by atoms with Crippen molar-refractivity contribution in [3.05, 3.63) is 323 Å². The third-order valence-corrected chi connectivity index (χ3v) is 17.4. The minimum Gasteiger partial charge on any atom is -0.469 e. The molecule has 9 aromatic rings. The maximum absolute atomic E-state index is 12.7. The molecule has 3 saturated heterocycles. The third kappa shape index (κ3) is 13.2. The van der Waals surface area contributed by atoms with E-state index in [0.29, 0.717) is 19.6 Å². The number of esters is 1. The quantitative estimate of drug-likeness (QED) is 0.0174. The van der Waals surface area contributed by atoms with Crippen LogP contribution in [0.1, 0.15) is 62.9 Å². The number of nitrogens with one attached hydrogen (secondary N) is 6. The fraction of sp³-hybridized carbons (Fsp3) is 0.194. The summed E-state index contributed by atoms with van der Waals surface area (Å²) in [6.45, 7) is 0.986. The van der Waals surface area contributed by atoms with E-state index in [1.54, 1.807) is 0 Å². The molecule has 5 atom stereocenters. The summed E-state index contributed by atoms with van der Waals surface area (Å²) in [7, 11) is -2.09. The number of methoxy groups -OCH3 is 1. The van der Waals surface area contributed by atoms with Gasteiger partial charge in [-0.25, -0.2) is 8.42 Å². The van der Waals surface area contributed by atoms with E-state index in [4.69, 9.17) is 4.74 Å². The van der Waals surface area contributed by atoms with Crippen LogP contribution in [0.25, 0.3) is 0 Å². The Labute approximate surface area is 508 Å². The lowest BCUT2D eigenvalue weighted by Gasteiger charge is -2.45. The van der Waals surface area contributed by atoms with Crippen molar-refractivity contribution in [1.29, 1.82) is 0 Å². The number of β-lactam (4-membered cyclic amide) rings is 3. The Morgan fingerprint density at radius 1 is 0.437 bits per heavy atom. The van der Waals surface area contributed by atoms with Gasteiger partial charge in [0.25, 0.3) is 0 Å². The topological polar surface area (TPSA) is 193 Å². The first-order chi connectivity index (χ1) is 42.4. The van der Waals surface area contributed by atoms with Crippen LogP contribution in [0.4, 0.5) is 0 Å². The Morgan fingerprint density at radius 3 is 0.966 bits per heavy atom. The molecule has 3 fully saturated rings. The second kappa shape index (κ2) is 27.8. The number of carbonyl (C=O) groups is 4. The van der Waals surface area contributed by atoms with E-state index in [-0.39, 0.29) is 36.2 Å². The summed E-state index contributed by atoms with van der Waals surface area (Å²) >= 11 is 0. The Kier molecular flexibility index (Phi) is 19.4. The zero-order chi connectivity index (χ0) is 60.7. The van der Waals surface area contributed by atoms with Crippen molar-refractivity contribution in [2.45, 2.75) is 59.2 Å². The number of hydrogen-bond acceptors (Lipinski definition) is 11.